The lowest BCUT2D eigenvalue weighted by molar-refractivity contribution is 0.552. The number of anilines is 1. The fourth-order valence-corrected chi connectivity index (χ4v) is 3.84. The fourth-order valence-electron chi connectivity index (χ4n) is 2.38. The molecule has 2 rings (SSSR count). The van der Waals surface area contributed by atoms with Crippen LogP contribution in [0.5, 0.6) is 0 Å². The van der Waals surface area contributed by atoms with Crippen molar-refractivity contribution >= 4 is 32.4 Å². The second-order valence-corrected chi connectivity index (χ2v) is 8.24. The highest BCUT2D eigenvalue weighted by Gasteiger charge is 2.18. The zero-order valence-corrected chi connectivity index (χ0v) is 14.6. The first-order chi connectivity index (χ1) is 9.56. The van der Waals surface area contributed by atoms with Crippen LogP contribution in [0.2, 0.25) is 0 Å². The van der Waals surface area contributed by atoms with Gasteiger partial charge < -0.3 is 10.2 Å². The summed E-state index contributed by atoms with van der Waals surface area (Å²) in [6.07, 6.45) is 0. The van der Waals surface area contributed by atoms with E-state index in [4.69, 9.17) is 0 Å². The number of hydrogen-bond acceptors (Lipinski definition) is 3. The monoisotopic (exact) mass is 358 g/mol. The highest BCUT2D eigenvalue weighted by atomic mass is 79.9. The summed E-state index contributed by atoms with van der Waals surface area (Å²) < 4.78 is 12.6. The van der Waals surface area contributed by atoms with Gasteiger partial charge in [0.25, 0.3) is 0 Å². The summed E-state index contributed by atoms with van der Waals surface area (Å²) in [7, 11) is -0.624. The number of nitrogens with one attached hydrogen (secondary N) is 1. The minimum Gasteiger partial charge on any atom is -0.369 e. The Hall–Kier alpha value is -0.390. The maximum Gasteiger partial charge on any atom is 0.0413 e. The van der Waals surface area contributed by atoms with Crippen LogP contribution in [0.15, 0.2) is 22.7 Å². The zero-order valence-electron chi connectivity index (χ0n) is 12.2. The summed E-state index contributed by atoms with van der Waals surface area (Å²) in [6, 6.07) is 6.45. The Morgan fingerprint density at radius 3 is 2.70 bits per heavy atom. The van der Waals surface area contributed by atoms with Crippen LogP contribution in [0.4, 0.5) is 5.69 Å². The van der Waals surface area contributed by atoms with Crippen molar-refractivity contribution in [3.8, 4) is 0 Å². The molecule has 3 nitrogen and oxygen atoms in total. The number of benzene rings is 1. The Labute approximate surface area is 132 Å². The molecular weight excluding hydrogens is 336 g/mol. The summed E-state index contributed by atoms with van der Waals surface area (Å²) >= 11 is 3.56. The lowest BCUT2D eigenvalue weighted by Crippen LogP contribution is -2.38. The topological polar surface area (TPSA) is 32.3 Å². The van der Waals surface area contributed by atoms with E-state index in [1.807, 2.05) is 0 Å². The van der Waals surface area contributed by atoms with Gasteiger partial charge in [-0.2, -0.15) is 0 Å². The highest BCUT2D eigenvalue weighted by Crippen LogP contribution is 2.25. The van der Waals surface area contributed by atoms with E-state index in [-0.39, 0.29) is 0 Å². The van der Waals surface area contributed by atoms with Crippen molar-refractivity contribution in [3.05, 3.63) is 28.2 Å². The maximum absolute atomic E-state index is 11.5. The van der Waals surface area contributed by atoms with Crippen LogP contribution in [0.1, 0.15) is 19.4 Å². The van der Waals surface area contributed by atoms with E-state index >= 15 is 0 Å². The molecule has 1 aromatic rings. The van der Waals surface area contributed by atoms with Gasteiger partial charge in [0.2, 0.25) is 0 Å². The van der Waals surface area contributed by atoms with E-state index in [0.717, 1.165) is 42.2 Å². The van der Waals surface area contributed by atoms with Crippen LogP contribution in [-0.4, -0.2) is 35.3 Å². The van der Waals surface area contributed by atoms with Gasteiger partial charge in [-0.15, -0.1) is 0 Å². The Morgan fingerprint density at radius 2 is 2.05 bits per heavy atom. The van der Waals surface area contributed by atoms with E-state index in [9.17, 15) is 4.21 Å². The standard InChI is InChI=1S/C15H23BrN2OS/c1-12(2)10-17-11-13-9-14(16)3-4-15(13)18-5-7-20(19)8-6-18/h3-4,9,12,17H,5-8,10-11H2,1-2H3. The molecule has 1 fully saturated rings. The Morgan fingerprint density at radius 1 is 1.35 bits per heavy atom. The molecule has 0 unspecified atom stereocenters. The highest BCUT2D eigenvalue weighted by molar-refractivity contribution is 9.10. The normalized spacial score (nSPS) is 16.9. The summed E-state index contributed by atoms with van der Waals surface area (Å²) in [4.78, 5) is 2.36. The van der Waals surface area contributed by atoms with Gasteiger partial charge in [-0.3, -0.25) is 4.21 Å². The van der Waals surface area contributed by atoms with Crippen molar-refractivity contribution in [2.45, 2.75) is 20.4 Å². The molecule has 0 amide bonds. The molecule has 0 aromatic heterocycles. The van der Waals surface area contributed by atoms with E-state index in [2.05, 4.69) is 58.2 Å². The predicted octanol–water partition coefficient (Wildman–Crippen LogP) is 2.76. The van der Waals surface area contributed by atoms with Gasteiger partial charge in [0.05, 0.1) is 0 Å². The van der Waals surface area contributed by atoms with Gasteiger partial charge in [-0.05, 0) is 36.2 Å². The third-order valence-corrected chi connectivity index (χ3v) is 5.20. The molecule has 0 spiro atoms. The lowest BCUT2D eigenvalue weighted by Gasteiger charge is -2.30. The third kappa shape index (κ3) is 4.57. The molecule has 1 aliphatic heterocycles. The SMILES string of the molecule is CC(C)CNCc1cc(Br)ccc1N1CCS(=O)CC1. The molecule has 1 N–H and O–H groups in total. The molecule has 1 saturated heterocycles. The molecular formula is C15H23BrN2OS. The second kappa shape index (κ2) is 7.57. The Balaban J connectivity index is 2.08. The number of halogens is 1. The van der Waals surface area contributed by atoms with Crippen molar-refractivity contribution in [1.29, 1.82) is 0 Å². The van der Waals surface area contributed by atoms with Gasteiger partial charge in [0.15, 0.2) is 0 Å². The number of hydrogen-bond donors (Lipinski definition) is 1. The van der Waals surface area contributed by atoms with Crippen LogP contribution in [0.25, 0.3) is 0 Å². The second-order valence-electron chi connectivity index (χ2n) is 5.63. The van der Waals surface area contributed by atoms with Crippen molar-refractivity contribution in [3.63, 3.8) is 0 Å². The predicted molar refractivity (Wildman–Crippen MR) is 90.8 cm³/mol. The van der Waals surface area contributed by atoms with Crippen LogP contribution < -0.4 is 10.2 Å². The van der Waals surface area contributed by atoms with Gasteiger partial charge in [-0.25, -0.2) is 0 Å². The van der Waals surface area contributed by atoms with Gasteiger partial charge in [0.1, 0.15) is 0 Å². The van der Waals surface area contributed by atoms with E-state index < -0.39 is 10.8 Å². The maximum atomic E-state index is 11.5. The molecule has 1 aromatic carbocycles. The average molecular weight is 359 g/mol. The lowest BCUT2D eigenvalue weighted by atomic mass is 10.1. The number of nitrogens with zero attached hydrogens (tertiary/aromatic N) is 1. The fraction of sp³-hybridized carbons (Fsp3) is 0.600. The zero-order chi connectivity index (χ0) is 14.5. The summed E-state index contributed by atoms with van der Waals surface area (Å²) in [5.74, 6) is 2.23. The van der Waals surface area contributed by atoms with E-state index in [1.54, 1.807) is 0 Å². The molecule has 1 aliphatic rings. The van der Waals surface area contributed by atoms with Crippen LogP contribution in [0.3, 0.4) is 0 Å². The van der Waals surface area contributed by atoms with Crippen LogP contribution >= 0.6 is 15.9 Å². The largest absolute Gasteiger partial charge is 0.369 e. The molecule has 1 heterocycles. The molecule has 0 aliphatic carbocycles. The smallest absolute Gasteiger partial charge is 0.0413 e. The quantitative estimate of drug-likeness (QED) is 0.878. The van der Waals surface area contributed by atoms with Crippen molar-refractivity contribution in [2.24, 2.45) is 5.92 Å². The summed E-state index contributed by atoms with van der Waals surface area (Å²) in [5, 5.41) is 3.51. The van der Waals surface area contributed by atoms with Gasteiger partial charge in [-0.1, -0.05) is 29.8 Å². The first kappa shape index (κ1) is 16.0. The average Bonchev–Trinajstić information content (AvgIpc) is 2.40. The molecule has 0 radical (unpaired) electrons. The van der Waals surface area contributed by atoms with Gasteiger partial charge >= 0.3 is 0 Å². The minimum absolute atomic E-state index is 0.624. The first-order valence-corrected chi connectivity index (χ1v) is 9.43. The number of rotatable bonds is 5. The molecule has 0 atom stereocenters. The van der Waals surface area contributed by atoms with Crippen LogP contribution in [0, 0.1) is 5.92 Å². The molecule has 5 heteroatoms. The molecule has 0 bridgehead atoms. The third-order valence-electron chi connectivity index (χ3n) is 3.43. The first-order valence-electron chi connectivity index (χ1n) is 7.15. The summed E-state index contributed by atoms with van der Waals surface area (Å²) in [6.45, 7) is 8.13. The van der Waals surface area contributed by atoms with E-state index in [1.165, 1.54) is 11.3 Å². The molecule has 20 heavy (non-hydrogen) atoms. The molecule has 0 saturated carbocycles. The Bertz CT molecular complexity index is 469. The van der Waals surface area contributed by atoms with Crippen molar-refractivity contribution in [1.82, 2.24) is 5.32 Å². The van der Waals surface area contributed by atoms with Crippen LogP contribution in [-0.2, 0) is 17.3 Å². The minimum atomic E-state index is -0.624. The van der Waals surface area contributed by atoms with E-state index in [0.29, 0.717) is 5.92 Å². The van der Waals surface area contributed by atoms with Gasteiger partial charge in [0, 0.05) is 52.1 Å². The molecule has 112 valence electrons. The summed E-state index contributed by atoms with van der Waals surface area (Å²) in [5.41, 5.74) is 2.59. The Kier molecular flexibility index (Phi) is 6.05. The van der Waals surface area contributed by atoms with Crippen molar-refractivity contribution < 1.29 is 4.21 Å². The van der Waals surface area contributed by atoms with Crippen molar-refractivity contribution in [2.75, 3.05) is 36.0 Å².